The van der Waals surface area contributed by atoms with E-state index in [1.54, 1.807) is 0 Å². The number of hydrogen-bond donors (Lipinski definition) is 1. The predicted octanol–water partition coefficient (Wildman–Crippen LogP) is 1.94. The van der Waals surface area contributed by atoms with E-state index in [1.807, 2.05) is 0 Å². The first-order valence-electron chi connectivity index (χ1n) is 2.63. The van der Waals surface area contributed by atoms with Crippen LogP contribution in [0.2, 0.25) is 0 Å². The molecule has 3 N–H and O–H groups in total. The first-order valence-corrected chi connectivity index (χ1v) is 2.63. The van der Waals surface area contributed by atoms with Crippen LogP contribution in [0.25, 0.3) is 0 Å². The zero-order chi connectivity index (χ0) is 7.56. The van der Waals surface area contributed by atoms with Gasteiger partial charge in [-0.1, -0.05) is 0 Å². The Morgan fingerprint density at radius 3 is 1.91 bits per heavy atom. The number of halogens is 2. The molecule has 1 aromatic carbocycles. The van der Waals surface area contributed by atoms with E-state index >= 15 is 0 Å². The standard InChI is InChI=1S/C7H4F2O.H3N/c8-6-1-5(4-10)2-7(9)3-6;/h1-4H;1H3. The summed E-state index contributed by atoms with van der Waals surface area (Å²) in [6.07, 6.45) is 0.395. The van der Waals surface area contributed by atoms with Gasteiger partial charge in [-0.05, 0) is 12.1 Å². The molecule has 0 spiro atoms. The Balaban J connectivity index is 0.000001000. The van der Waals surface area contributed by atoms with Crippen LogP contribution >= 0.6 is 0 Å². The highest BCUT2D eigenvalue weighted by Gasteiger charge is 1.97. The van der Waals surface area contributed by atoms with Crippen LogP contribution in [0.3, 0.4) is 0 Å². The molecule has 0 saturated heterocycles. The fourth-order valence-electron chi connectivity index (χ4n) is 0.643. The second kappa shape index (κ2) is 3.78. The number of hydrogen-bond acceptors (Lipinski definition) is 2. The highest BCUT2D eigenvalue weighted by molar-refractivity contribution is 5.74. The third-order valence-corrected chi connectivity index (χ3v) is 1.02. The number of carbonyl (C=O) groups excluding carboxylic acids is 1. The first-order chi connectivity index (χ1) is 4.72. The van der Waals surface area contributed by atoms with E-state index in [1.165, 1.54) is 0 Å². The van der Waals surface area contributed by atoms with Gasteiger partial charge in [-0.15, -0.1) is 0 Å². The van der Waals surface area contributed by atoms with Crippen molar-refractivity contribution in [2.24, 2.45) is 0 Å². The van der Waals surface area contributed by atoms with Crippen LogP contribution in [0.1, 0.15) is 10.4 Å². The minimum atomic E-state index is -0.734. The number of carbonyl (C=O) groups is 1. The van der Waals surface area contributed by atoms with Crippen LogP contribution in [0.15, 0.2) is 18.2 Å². The van der Waals surface area contributed by atoms with Gasteiger partial charge < -0.3 is 6.15 Å². The molecule has 1 aromatic rings. The minimum absolute atomic E-state index is 0. The topological polar surface area (TPSA) is 52.1 Å². The van der Waals surface area contributed by atoms with Crippen LogP contribution in [0.5, 0.6) is 0 Å². The highest BCUT2D eigenvalue weighted by atomic mass is 19.1. The maximum Gasteiger partial charge on any atom is 0.150 e. The molecular formula is C7H7F2NO. The van der Waals surface area contributed by atoms with Crippen molar-refractivity contribution < 1.29 is 13.6 Å². The average molecular weight is 159 g/mol. The fourth-order valence-corrected chi connectivity index (χ4v) is 0.643. The van der Waals surface area contributed by atoms with Gasteiger partial charge in [0.1, 0.15) is 17.9 Å². The second-order valence-electron chi connectivity index (χ2n) is 1.82. The molecule has 0 aliphatic rings. The van der Waals surface area contributed by atoms with E-state index in [0.717, 1.165) is 12.1 Å². The smallest absolute Gasteiger partial charge is 0.150 e. The summed E-state index contributed by atoms with van der Waals surface area (Å²) in [5.41, 5.74) is 0.0116. The molecule has 0 aromatic heterocycles. The summed E-state index contributed by atoms with van der Waals surface area (Å²) in [5, 5.41) is 0. The summed E-state index contributed by atoms with van der Waals surface area (Å²) in [6, 6.07) is 2.65. The molecule has 0 aliphatic heterocycles. The van der Waals surface area contributed by atoms with Gasteiger partial charge in [0.15, 0.2) is 0 Å². The Morgan fingerprint density at radius 2 is 1.55 bits per heavy atom. The molecule has 0 bridgehead atoms. The van der Waals surface area contributed by atoms with Gasteiger partial charge in [0.25, 0.3) is 0 Å². The lowest BCUT2D eigenvalue weighted by Gasteiger charge is -1.90. The summed E-state index contributed by atoms with van der Waals surface area (Å²) in [4.78, 5) is 9.98. The lowest BCUT2D eigenvalue weighted by Crippen LogP contribution is -1.84. The Bertz CT molecular complexity index is 242. The van der Waals surface area contributed by atoms with Gasteiger partial charge in [0.05, 0.1) is 0 Å². The number of aldehydes is 1. The van der Waals surface area contributed by atoms with Gasteiger partial charge >= 0.3 is 0 Å². The Labute approximate surface area is 62.4 Å². The van der Waals surface area contributed by atoms with Crippen molar-refractivity contribution in [3.05, 3.63) is 35.4 Å². The van der Waals surface area contributed by atoms with Crippen LogP contribution in [-0.4, -0.2) is 6.29 Å². The van der Waals surface area contributed by atoms with Gasteiger partial charge in [-0.2, -0.15) is 0 Å². The zero-order valence-electron chi connectivity index (χ0n) is 5.68. The third-order valence-electron chi connectivity index (χ3n) is 1.02. The van der Waals surface area contributed by atoms with E-state index in [9.17, 15) is 13.6 Å². The molecule has 2 nitrogen and oxygen atoms in total. The summed E-state index contributed by atoms with van der Waals surface area (Å²) in [5.74, 6) is -1.47. The molecule has 0 amide bonds. The van der Waals surface area contributed by atoms with E-state index < -0.39 is 11.6 Å². The van der Waals surface area contributed by atoms with E-state index in [0.29, 0.717) is 12.4 Å². The predicted molar refractivity (Wildman–Crippen MR) is 36.8 cm³/mol. The van der Waals surface area contributed by atoms with Crippen molar-refractivity contribution in [3.8, 4) is 0 Å². The molecule has 0 atom stereocenters. The monoisotopic (exact) mass is 159 g/mol. The zero-order valence-corrected chi connectivity index (χ0v) is 5.68. The van der Waals surface area contributed by atoms with Crippen LogP contribution in [0.4, 0.5) is 8.78 Å². The molecule has 0 saturated carbocycles. The molecular weight excluding hydrogens is 152 g/mol. The van der Waals surface area contributed by atoms with E-state index in [-0.39, 0.29) is 11.7 Å². The van der Waals surface area contributed by atoms with Gasteiger partial charge in [-0.25, -0.2) is 8.78 Å². The van der Waals surface area contributed by atoms with Crippen molar-refractivity contribution in [1.29, 1.82) is 0 Å². The second-order valence-corrected chi connectivity index (χ2v) is 1.82. The largest absolute Gasteiger partial charge is 0.344 e. The normalized spacial score (nSPS) is 8.55. The quantitative estimate of drug-likeness (QED) is 0.636. The maximum absolute atomic E-state index is 12.2. The Morgan fingerprint density at radius 1 is 1.09 bits per heavy atom. The minimum Gasteiger partial charge on any atom is -0.344 e. The first kappa shape index (κ1) is 9.71. The summed E-state index contributed by atoms with van der Waals surface area (Å²) < 4.78 is 24.4. The van der Waals surface area contributed by atoms with Crippen molar-refractivity contribution >= 4 is 6.29 Å². The third kappa shape index (κ3) is 2.43. The number of benzene rings is 1. The summed E-state index contributed by atoms with van der Waals surface area (Å²) >= 11 is 0. The summed E-state index contributed by atoms with van der Waals surface area (Å²) in [6.45, 7) is 0. The maximum atomic E-state index is 12.2. The molecule has 11 heavy (non-hydrogen) atoms. The Kier molecular flexibility index (Phi) is 3.33. The summed E-state index contributed by atoms with van der Waals surface area (Å²) in [7, 11) is 0. The van der Waals surface area contributed by atoms with Gasteiger partial charge in [-0.3, -0.25) is 4.79 Å². The Hall–Kier alpha value is -1.29. The molecule has 0 unspecified atom stereocenters. The van der Waals surface area contributed by atoms with Crippen LogP contribution in [-0.2, 0) is 0 Å². The van der Waals surface area contributed by atoms with Crippen molar-refractivity contribution in [1.82, 2.24) is 6.15 Å². The lowest BCUT2D eigenvalue weighted by molar-refractivity contribution is 0.112. The average Bonchev–Trinajstić information content (AvgIpc) is 1.85. The van der Waals surface area contributed by atoms with Crippen molar-refractivity contribution in [2.45, 2.75) is 0 Å². The molecule has 0 aliphatic carbocycles. The molecule has 60 valence electrons. The lowest BCUT2D eigenvalue weighted by atomic mass is 10.2. The van der Waals surface area contributed by atoms with Gasteiger partial charge in [0, 0.05) is 11.6 Å². The van der Waals surface area contributed by atoms with Crippen molar-refractivity contribution in [3.63, 3.8) is 0 Å². The van der Waals surface area contributed by atoms with Crippen LogP contribution < -0.4 is 6.15 Å². The van der Waals surface area contributed by atoms with Crippen LogP contribution in [0, 0.1) is 11.6 Å². The fraction of sp³-hybridized carbons (Fsp3) is 0. The molecule has 1 rings (SSSR count). The van der Waals surface area contributed by atoms with E-state index in [4.69, 9.17) is 0 Å². The van der Waals surface area contributed by atoms with Gasteiger partial charge in [0.2, 0.25) is 0 Å². The van der Waals surface area contributed by atoms with E-state index in [2.05, 4.69) is 0 Å². The highest BCUT2D eigenvalue weighted by Crippen LogP contribution is 2.04. The molecule has 0 heterocycles. The molecule has 4 heteroatoms. The molecule has 0 radical (unpaired) electrons. The molecule has 0 fully saturated rings. The SMILES string of the molecule is N.O=Cc1cc(F)cc(F)c1. The number of rotatable bonds is 1. The van der Waals surface area contributed by atoms with Crippen molar-refractivity contribution in [2.75, 3.05) is 0 Å².